The van der Waals surface area contributed by atoms with Crippen molar-refractivity contribution in [1.29, 1.82) is 0 Å². The second kappa shape index (κ2) is 6.70. The average Bonchev–Trinajstić information content (AvgIpc) is 2.83. The number of hydrogen-bond donors (Lipinski definition) is 2. The van der Waals surface area contributed by atoms with E-state index in [1.165, 1.54) is 16.7 Å². The number of benzene rings is 1. The Labute approximate surface area is 122 Å². The summed E-state index contributed by atoms with van der Waals surface area (Å²) in [4.78, 5) is 2.43. The maximum Gasteiger partial charge on any atom is 0.0552 e. The highest BCUT2D eigenvalue weighted by atomic mass is 16.3. The van der Waals surface area contributed by atoms with Crippen LogP contribution in [0.2, 0.25) is 0 Å². The van der Waals surface area contributed by atoms with E-state index in [0.29, 0.717) is 5.92 Å². The van der Waals surface area contributed by atoms with Gasteiger partial charge in [0.25, 0.3) is 0 Å². The van der Waals surface area contributed by atoms with Crippen LogP contribution < -0.4 is 5.73 Å². The van der Waals surface area contributed by atoms with E-state index in [1.54, 1.807) is 0 Å². The van der Waals surface area contributed by atoms with Gasteiger partial charge >= 0.3 is 0 Å². The molecule has 3 unspecified atom stereocenters. The van der Waals surface area contributed by atoms with Crippen LogP contribution in [0.3, 0.4) is 0 Å². The smallest absolute Gasteiger partial charge is 0.0552 e. The molecule has 0 aromatic heterocycles. The molecule has 0 amide bonds. The lowest BCUT2D eigenvalue weighted by Crippen LogP contribution is -2.27. The van der Waals surface area contributed by atoms with Crippen LogP contribution in [0.1, 0.15) is 42.5 Å². The Kier molecular flexibility index (Phi) is 5.19. The van der Waals surface area contributed by atoms with Crippen molar-refractivity contribution in [2.75, 3.05) is 19.6 Å². The second-order valence-electron chi connectivity index (χ2n) is 6.41. The van der Waals surface area contributed by atoms with E-state index < -0.39 is 0 Å². The first-order chi connectivity index (χ1) is 9.45. The molecule has 2 rings (SSSR count). The molecule has 1 aromatic carbocycles. The van der Waals surface area contributed by atoms with Crippen LogP contribution in [-0.2, 0) is 0 Å². The molecule has 0 spiro atoms. The Balaban J connectivity index is 1.85. The number of likely N-dealkylation sites (tertiary alicyclic amines) is 1. The Hall–Kier alpha value is -0.900. The van der Waals surface area contributed by atoms with Crippen molar-refractivity contribution in [2.45, 2.75) is 45.8 Å². The molecule has 1 aliphatic rings. The standard InChI is InChI=1S/C17H28N2O/c1-12-8-13(2)10-16(9-12)17(18)5-7-19-6-4-15(11-19)14(3)20/h8-10,14-15,17,20H,4-7,11,18H2,1-3H3. The SMILES string of the molecule is Cc1cc(C)cc(C(N)CCN2CCC(C(C)O)C2)c1. The predicted molar refractivity (Wildman–Crippen MR) is 83.7 cm³/mol. The first-order valence-corrected chi connectivity index (χ1v) is 7.70. The molecule has 1 saturated heterocycles. The molecule has 1 aromatic rings. The number of aliphatic hydroxyl groups excluding tert-OH is 1. The van der Waals surface area contributed by atoms with E-state index in [4.69, 9.17) is 5.73 Å². The molecule has 3 N–H and O–H groups in total. The van der Waals surface area contributed by atoms with Gasteiger partial charge in [-0.25, -0.2) is 0 Å². The van der Waals surface area contributed by atoms with Gasteiger partial charge in [-0.1, -0.05) is 29.3 Å². The van der Waals surface area contributed by atoms with E-state index in [1.807, 2.05) is 6.92 Å². The van der Waals surface area contributed by atoms with Crippen LogP contribution in [-0.4, -0.2) is 35.7 Å². The number of aliphatic hydroxyl groups is 1. The lowest BCUT2D eigenvalue weighted by atomic mass is 9.99. The van der Waals surface area contributed by atoms with Gasteiger partial charge in [-0.05, 0) is 58.2 Å². The third kappa shape index (κ3) is 4.05. The summed E-state index contributed by atoms with van der Waals surface area (Å²) in [5, 5.41) is 9.64. The van der Waals surface area contributed by atoms with E-state index in [-0.39, 0.29) is 12.1 Å². The average molecular weight is 276 g/mol. The summed E-state index contributed by atoms with van der Waals surface area (Å²) in [6.07, 6.45) is 1.90. The topological polar surface area (TPSA) is 49.5 Å². The van der Waals surface area contributed by atoms with Crippen molar-refractivity contribution in [3.8, 4) is 0 Å². The van der Waals surface area contributed by atoms with Crippen molar-refractivity contribution in [1.82, 2.24) is 4.90 Å². The lowest BCUT2D eigenvalue weighted by Gasteiger charge is -2.20. The molecule has 1 aliphatic heterocycles. The summed E-state index contributed by atoms with van der Waals surface area (Å²) in [6, 6.07) is 6.68. The summed E-state index contributed by atoms with van der Waals surface area (Å²) in [5.41, 5.74) is 10.1. The maximum absolute atomic E-state index is 9.64. The largest absolute Gasteiger partial charge is 0.393 e. The van der Waals surface area contributed by atoms with E-state index >= 15 is 0 Å². The Morgan fingerprint density at radius 1 is 1.30 bits per heavy atom. The molecule has 20 heavy (non-hydrogen) atoms. The monoisotopic (exact) mass is 276 g/mol. The summed E-state index contributed by atoms with van der Waals surface area (Å²) >= 11 is 0. The fourth-order valence-corrected chi connectivity index (χ4v) is 3.17. The summed E-state index contributed by atoms with van der Waals surface area (Å²) < 4.78 is 0. The third-order valence-corrected chi connectivity index (χ3v) is 4.42. The van der Waals surface area contributed by atoms with Gasteiger partial charge in [0.1, 0.15) is 0 Å². The fourth-order valence-electron chi connectivity index (χ4n) is 3.17. The molecule has 3 nitrogen and oxygen atoms in total. The molecular formula is C17H28N2O. The van der Waals surface area contributed by atoms with Crippen LogP contribution >= 0.6 is 0 Å². The first kappa shape index (κ1) is 15.5. The summed E-state index contributed by atoms with van der Waals surface area (Å²) in [7, 11) is 0. The zero-order valence-electron chi connectivity index (χ0n) is 13.0. The Morgan fingerprint density at radius 3 is 2.50 bits per heavy atom. The number of aryl methyl sites for hydroxylation is 2. The molecule has 112 valence electrons. The van der Waals surface area contributed by atoms with Gasteiger partial charge in [0.2, 0.25) is 0 Å². The minimum atomic E-state index is -0.187. The normalized spacial score (nSPS) is 22.9. The quantitative estimate of drug-likeness (QED) is 0.868. The van der Waals surface area contributed by atoms with E-state index in [9.17, 15) is 5.11 Å². The van der Waals surface area contributed by atoms with Gasteiger partial charge in [-0.2, -0.15) is 0 Å². The molecular weight excluding hydrogens is 248 g/mol. The minimum absolute atomic E-state index is 0.110. The van der Waals surface area contributed by atoms with Gasteiger partial charge in [0, 0.05) is 12.6 Å². The number of nitrogens with zero attached hydrogens (tertiary/aromatic N) is 1. The Morgan fingerprint density at radius 2 is 1.95 bits per heavy atom. The zero-order chi connectivity index (χ0) is 14.7. The molecule has 0 bridgehead atoms. The van der Waals surface area contributed by atoms with Crippen molar-refractivity contribution in [2.24, 2.45) is 11.7 Å². The van der Waals surface area contributed by atoms with E-state index in [2.05, 4.69) is 36.9 Å². The molecule has 3 atom stereocenters. The fraction of sp³-hybridized carbons (Fsp3) is 0.647. The van der Waals surface area contributed by atoms with Crippen LogP contribution in [0.4, 0.5) is 0 Å². The number of hydrogen-bond acceptors (Lipinski definition) is 3. The maximum atomic E-state index is 9.64. The third-order valence-electron chi connectivity index (χ3n) is 4.42. The van der Waals surface area contributed by atoms with Gasteiger partial charge in [-0.3, -0.25) is 0 Å². The first-order valence-electron chi connectivity index (χ1n) is 7.70. The van der Waals surface area contributed by atoms with Gasteiger partial charge < -0.3 is 15.7 Å². The highest BCUT2D eigenvalue weighted by Gasteiger charge is 2.25. The molecule has 1 fully saturated rings. The van der Waals surface area contributed by atoms with Gasteiger partial charge in [0.15, 0.2) is 0 Å². The summed E-state index contributed by atoms with van der Waals surface area (Å²) in [5.74, 6) is 0.437. The molecule has 1 heterocycles. The van der Waals surface area contributed by atoms with Crippen LogP contribution in [0, 0.1) is 19.8 Å². The summed E-state index contributed by atoms with van der Waals surface area (Å²) in [6.45, 7) is 9.27. The van der Waals surface area contributed by atoms with Crippen LogP contribution in [0.25, 0.3) is 0 Å². The van der Waals surface area contributed by atoms with E-state index in [0.717, 1.165) is 32.5 Å². The molecule has 3 heteroatoms. The highest BCUT2D eigenvalue weighted by molar-refractivity contribution is 5.30. The number of rotatable bonds is 5. The van der Waals surface area contributed by atoms with Crippen molar-refractivity contribution >= 4 is 0 Å². The Bertz CT molecular complexity index is 424. The molecule has 0 radical (unpaired) electrons. The van der Waals surface area contributed by atoms with Crippen molar-refractivity contribution < 1.29 is 5.11 Å². The highest BCUT2D eigenvalue weighted by Crippen LogP contribution is 2.22. The van der Waals surface area contributed by atoms with Gasteiger partial charge in [0.05, 0.1) is 6.10 Å². The molecule has 0 aliphatic carbocycles. The van der Waals surface area contributed by atoms with Crippen molar-refractivity contribution in [3.63, 3.8) is 0 Å². The lowest BCUT2D eigenvalue weighted by molar-refractivity contribution is 0.127. The van der Waals surface area contributed by atoms with Gasteiger partial charge in [-0.15, -0.1) is 0 Å². The number of nitrogens with two attached hydrogens (primary N) is 1. The predicted octanol–water partition coefficient (Wildman–Crippen LogP) is 2.40. The zero-order valence-corrected chi connectivity index (χ0v) is 13.0. The minimum Gasteiger partial charge on any atom is -0.393 e. The van der Waals surface area contributed by atoms with Crippen molar-refractivity contribution in [3.05, 3.63) is 34.9 Å². The molecule has 0 saturated carbocycles. The van der Waals surface area contributed by atoms with Crippen LogP contribution in [0.15, 0.2) is 18.2 Å². The second-order valence-corrected chi connectivity index (χ2v) is 6.41. The van der Waals surface area contributed by atoms with Crippen LogP contribution in [0.5, 0.6) is 0 Å².